The maximum absolute atomic E-state index is 12.6. The van der Waals surface area contributed by atoms with Gasteiger partial charge in [-0.15, -0.1) is 0 Å². The Labute approximate surface area is 91.3 Å². The maximum atomic E-state index is 12.6. The van der Waals surface area contributed by atoms with Gasteiger partial charge in [-0.25, -0.2) is 9.18 Å². The number of anilines is 1. The molecule has 0 spiro atoms. The summed E-state index contributed by atoms with van der Waals surface area (Å²) in [5.41, 5.74) is 0.341. The highest BCUT2D eigenvalue weighted by Gasteiger charge is 2.23. The molecular formula is C10H11FN2O3. The highest BCUT2D eigenvalue weighted by molar-refractivity contribution is 6.07. The first kappa shape index (κ1) is 12.1. The highest BCUT2D eigenvalue weighted by Crippen LogP contribution is 2.08. The van der Waals surface area contributed by atoms with Gasteiger partial charge >= 0.3 is 5.97 Å². The largest absolute Gasteiger partial charge is 0.480 e. The quantitative estimate of drug-likeness (QED) is 0.651. The molecule has 0 radical (unpaired) electrons. The van der Waals surface area contributed by atoms with Crippen LogP contribution in [0.3, 0.4) is 0 Å². The summed E-state index contributed by atoms with van der Waals surface area (Å²) in [4.78, 5) is 22.1. The number of benzene rings is 1. The lowest BCUT2D eigenvalue weighted by Gasteiger charge is -2.11. The van der Waals surface area contributed by atoms with Crippen LogP contribution >= 0.6 is 0 Å². The predicted molar refractivity (Wildman–Crippen MR) is 55.5 cm³/mol. The van der Waals surface area contributed by atoms with Crippen molar-refractivity contribution < 1.29 is 19.1 Å². The van der Waals surface area contributed by atoms with Gasteiger partial charge in [0.05, 0.1) is 0 Å². The van der Waals surface area contributed by atoms with E-state index in [1.807, 2.05) is 0 Å². The van der Waals surface area contributed by atoms with Crippen molar-refractivity contribution >= 4 is 17.6 Å². The van der Waals surface area contributed by atoms with E-state index < -0.39 is 23.7 Å². The molecule has 0 aromatic heterocycles. The van der Waals surface area contributed by atoms with Gasteiger partial charge in [-0.05, 0) is 31.3 Å². The molecule has 3 N–H and O–H groups in total. The van der Waals surface area contributed by atoms with Gasteiger partial charge in [0.25, 0.3) is 5.91 Å². The molecule has 0 bridgehead atoms. The lowest BCUT2D eigenvalue weighted by atomic mass is 10.2. The number of carboxylic acid groups (broad SMARTS) is 1. The molecule has 16 heavy (non-hydrogen) atoms. The molecule has 1 atom stereocenters. The Morgan fingerprint density at radius 1 is 1.31 bits per heavy atom. The lowest BCUT2D eigenvalue weighted by molar-refractivity contribution is -0.142. The smallest absolute Gasteiger partial charge is 0.330 e. The van der Waals surface area contributed by atoms with Gasteiger partial charge in [0.15, 0.2) is 6.04 Å². The average molecular weight is 226 g/mol. The van der Waals surface area contributed by atoms with Crippen molar-refractivity contribution in [3.8, 4) is 0 Å². The highest BCUT2D eigenvalue weighted by atomic mass is 19.1. The molecule has 0 aliphatic heterocycles. The zero-order valence-electron chi connectivity index (χ0n) is 8.53. The summed E-state index contributed by atoms with van der Waals surface area (Å²) in [5, 5.41) is 13.4. The van der Waals surface area contributed by atoms with Crippen molar-refractivity contribution in [1.82, 2.24) is 5.32 Å². The molecule has 0 saturated carbocycles. The Hall–Kier alpha value is -1.95. The summed E-state index contributed by atoms with van der Waals surface area (Å²) < 4.78 is 12.6. The first-order valence-electron chi connectivity index (χ1n) is 4.51. The van der Waals surface area contributed by atoms with Crippen molar-refractivity contribution in [2.45, 2.75) is 6.04 Å². The molecule has 1 amide bonds. The number of rotatable bonds is 4. The molecule has 0 heterocycles. The minimum absolute atomic E-state index is 0.341. The van der Waals surface area contributed by atoms with Gasteiger partial charge in [-0.2, -0.15) is 0 Å². The molecule has 86 valence electrons. The summed E-state index contributed by atoms with van der Waals surface area (Å²) >= 11 is 0. The van der Waals surface area contributed by atoms with Crippen LogP contribution in [0, 0.1) is 5.82 Å². The van der Waals surface area contributed by atoms with E-state index in [1.54, 1.807) is 0 Å². The number of nitrogens with one attached hydrogen (secondary N) is 2. The van der Waals surface area contributed by atoms with Crippen LogP contribution < -0.4 is 10.6 Å². The molecule has 0 fully saturated rings. The third kappa shape index (κ3) is 3.03. The summed E-state index contributed by atoms with van der Waals surface area (Å²) in [6, 6.07) is 3.71. The maximum Gasteiger partial charge on any atom is 0.330 e. The predicted octanol–water partition coefficient (Wildman–Crippen LogP) is 0.437. The molecule has 0 aliphatic carbocycles. The van der Waals surface area contributed by atoms with Crippen molar-refractivity contribution in [2.75, 3.05) is 12.4 Å². The minimum Gasteiger partial charge on any atom is -0.480 e. The fraction of sp³-hybridized carbons (Fsp3) is 0.200. The van der Waals surface area contributed by atoms with Crippen molar-refractivity contribution in [2.24, 2.45) is 0 Å². The number of amides is 1. The summed E-state index contributed by atoms with van der Waals surface area (Å²) in [6.07, 6.45) is 0. The van der Waals surface area contributed by atoms with Gasteiger partial charge < -0.3 is 10.4 Å². The number of carbonyl (C=O) groups excluding carboxylic acids is 1. The number of halogens is 1. The monoisotopic (exact) mass is 226 g/mol. The van der Waals surface area contributed by atoms with Crippen LogP contribution in [-0.2, 0) is 9.59 Å². The standard InChI is InChI=1S/C10H11FN2O3/c1-12-8(10(15)16)9(14)13-7-4-2-6(11)3-5-7/h2-5,8,12H,1H3,(H,13,14)(H,15,16). The second-order valence-corrected chi connectivity index (χ2v) is 3.06. The SMILES string of the molecule is CNC(C(=O)O)C(=O)Nc1ccc(F)cc1. The van der Waals surface area contributed by atoms with Gasteiger partial charge in [0.1, 0.15) is 5.82 Å². The van der Waals surface area contributed by atoms with Gasteiger partial charge in [-0.1, -0.05) is 0 Å². The zero-order valence-corrected chi connectivity index (χ0v) is 8.53. The number of carboxylic acids is 1. The molecule has 5 nitrogen and oxygen atoms in total. The number of hydrogen-bond donors (Lipinski definition) is 3. The fourth-order valence-electron chi connectivity index (χ4n) is 1.11. The van der Waals surface area contributed by atoms with Crippen LogP contribution in [-0.4, -0.2) is 30.1 Å². The van der Waals surface area contributed by atoms with E-state index in [4.69, 9.17) is 5.11 Å². The van der Waals surface area contributed by atoms with E-state index in [9.17, 15) is 14.0 Å². The van der Waals surface area contributed by atoms with Gasteiger partial charge in [-0.3, -0.25) is 10.1 Å². The van der Waals surface area contributed by atoms with E-state index in [-0.39, 0.29) is 0 Å². The average Bonchev–Trinajstić information content (AvgIpc) is 2.22. The third-order valence-corrected chi connectivity index (χ3v) is 1.91. The number of carbonyl (C=O) groups is 2. The molecule has 1 aromatic carbocycles. The number of likely N-dealkylation sites (N-methyl/N-ethyl adjacent to an activating group) is 1. The van der Waals surface area contributed by atoms with Crippen LogP contribution in [0.4, 0.5) is 10.1 Å². The molecule has 1 rings (SSSR count). The number of hydrogen-bond acceptors (Lipinski definition) is 3. The lowest BCUT2D eigenvalue weighted by Crippen LogP contribution is -2.44. The topological polar surface area (TPSA) is 78.4 Å². The minimum atomic E-state index is -1.33. The Morgan fingerprint density at radius 2 is 1.88 bits per heavy atom. The second kappa shape index (κ2) is 5.22. The van der Waals surface area contributed by atoms with Crippen LogP contribution in [0.1, 0.15) is 0 Å². The van der Waals surface area contributed by atoms with E-state index in [1.165, 1.54) is 31.3 Å². The van der Waals surface area contributed by atoms with Crippen LogP contribution in [0.5, 0.6) is 0 Å². The molecule has 6 heteroatoms. The normalized spacial score (nSPS) is 11.9. The molecular weight excluding hydrogens is 215 g/mol. The molecule has 0 aliphatic rings. The van der Waals surface area contributed by atoms with Gasteiger partial charge in [0.2, 0.25) is 0 Å². The van der Waals surface area contributed by atoms with Crippen molar-refractivity contribution in [3.05, 3.63) is 30.1 Å². The zero-order chi connectivity index (χ0) is 12.1. The molecule has 0 saturated heterocycles. The van der Waals surface area contributed by atoms with Crippen molar-refractivity contribution in [3.63, 3.8) is 0 Å². The summed E-state index contributed by atoms with van der Waals surface area (Å²) in [6.45, 7) is 0. The second-order valence-electron chi connectivity index (χ2n) is 3.06. The van der Waals surface area contributed by atoms with Crippen LogP contribution in [0.25, 0.3) is 0 Å². The van der Waals surface area contributed by atoms with Gasteiger partial charge in [0, 0.05) is 5.69 Å². The van der Waals surface area contributed by atoms with E-state index in [0.29, 0.717) is 5.69 Å². The Bertz CT molecular complexity index is 392. The molecule has 1 aromatic rings. The Morgan fingerprint density at radius 3 is 2.31 bits per heavy atom. The number of aliphatic carboxylic acids is 1. The van der Waals surface area contributed by atoms with E-state index >= 15 is 0 Å². The van der Waals surface area contributed by atoms with Crippen LogP contribution in [0.15, 0.2) is 24.3 Å². The van der Waals surface area contributed by atoms with E-state index in [0.717, 1.165) is 0 Å². The summed E-state index contributed by atoms with van der Waals surface area (Å²) in [7, 11) is 1.36. The molecule has 1 unspecified atom stereocenters. The Kier molecular flexibility index (Phi) is 3.96. The first-order chi connectivity index (χ1) is 7.54. The van der Waals surface area contributed by atoms with Crippen LogP contribution in [0.2, 0.25) is 0 Å². The van der Waals surface area contributed by atoms with E-state index in [2.05, 4.69) is 10.6 Å². The third-order valence-electron chi connectivity index (χ3n) is 1.91. The first-order valence-corrected chi connectivity index (χ1v) is 4.51. The Balaban J connectivity index is 2.70. The fourth-order valence-corrected chi connectivity index (χ4v) is 1.11. The summed E-state index contributed by atoms with van der Waals surface area (Å²) in [5.74, 6) is -2.41. The van der Waals surface area contributed by atoms with Crippen molar-refractivity contribution in [1.29, 1.82) is 0 Å².